The van der Waals surface area contributed by atoms with E-state index in [-0.39, 0.29) is 12.0 Å². The fourth-order valence-corrected chi connectivity index (χ4v) is 2.25. The molecule has 0 amide bonds. The molecule has 0 aromatic carbocycles. The van der Waals surface area contributed by atoms with E-state index in [2.05, 4.69) is 20.8 Å². The zero-order chi connectivity index (χ0) is 13.9. The van der Waals surface area contributed by atoms with Crippen LogP contribution in [0.1, 0.15) is 40.0 Å². The molecule has 5 nitrogen and oxygen atoms in total. The number of aliphatic hydroxyl groups excluding tert-OH is 4. The molecule has 5 unspecified atom stereocenters. The molecule has 0 saturated carbocycles. The van der Waals surface area contributed by atoms with Crippen LogP contribution in [0.5, 0.6) is 0 Å². The molecule has 1 aliphatic heterocycles. The average molecular weight is 262 g/mol. The minimum absolute atomic E-state index is 0.216. The van der Waals surface area contributed by atoms with Crippen molar-refractivity contribution in [3.63, 3.8) is 0 Å². The van der Waals surface area contributed by atoms with Crippen molar-refractivity contribution in [2.45, 2.75) is 70.6 Å². The maximum Gasteiger partial charge on any atom is 0.111 e. The second-order valence-corrected chi connectivity index (χ2v) is 6.32. The molecule has 0 aliphatic carbocycles. The maximum atomic E-state index is 9.83. The molecule has 0 spiro atoms. The molecule has 5 atom stereocenters. The molecule has 1 heterocycles. The largest absolute Gasteiger partial charge is 0.394 e. The van der Waals surface area contributed by atoms with E-state index >= 15 is 0 Å². The fourth-order valence-electron chi connectivity index (χ4n) is 2.25. The van der Waals surface area contributed by atoms with Gasteiger partial charge in [-0.1, -0.05) is 27.2 Å². The maximum absolute atomic E-state index is 9.83. The van der Waals surface area contributed by atoms with Crippen LogP contribution >= 0.6 is 0 Å². The van der Waals surface area contributed by atoms with Crippen LogP contribution in [0.4, 0.5) is 0 Å². The number of hydrogen-bond acceptors (Lipinski definition) is 5. The Balaban J connectivity index is 2.49. The fraction of sp³-hybridized carbons (Fsp3) is 1.00. The van der Waals surface area contributed by atoms with Gasteiger partial charge in [-0.05, 0) is 18.3 Å². The van der Waals surface area contributed by atoms with Gasteiger partial charge in [-0.2, -0.15) is 0 Å². The average Bonchev–Trinajstić information content (AvgIpc) is 2.27. The van der Waals surface area contributed by atoms with Crippen molar-refractivity contribution in [2.75, 3.05) is 6.61 Å². The molecule has 4 N–H and O–H groups in total. The lowest BCUT2D eigenvalue weighted by Gasteiger charge is -2.40. The summed E-state index contributed by atoms with van der Waals surface area (Å²) in [6.45, 7) is 6.06. The van der Waals surface area contributed by atoms with Gasteiger partial charge in [-0.3, -0.25) is 0 Å². The highest BCUT2D eigenvalue weighted by atomic mass is 16.5. The number of hydrogen-bond donors (Lipinski definition) is 4. The zero-order valence-electron chi connectivity index (χ0n) is 11.4. The second kappa shape index (κ2) is 6.30. The van der Waals surface area contributed by atoms with Gasteiger partial charge >= 0.3 is 0 Å². The number of ether oxygens (including phenoxy) is 1. The van der Waals surface area contributed by atoms with Crippen LogP contribution in [0.25, 0.3) is 0 Å². The molecule has 0 aromatic rings. The topological polar surface area (TPSA) is 90.2 Å². The molecular weight excluding hydrogens is 236 g/mol. The summed E-state index contributed by atoms with van der Waals surface area (Å²) in [5.41, 5.74) is 0.216. The highest BCUT2D eigenvalue weighted by Gasteiger charge is 2.42. The van der Waals surface area contributed by atoms with E-state index in [1.807, 2.05) is 0 Å². The van der Waals surface area contributed by atoms with Crippen LogP contribution < -0.4 is 0 Å². The van der Waals surface area contributed by atoms with Crippen LogP contribution in [0.3, 0.4) is 0 Å². The zero-order valence-corrected chi connectivity index (χ0v) is 11.4. The van der Waals surface area contributed by atoms with E-state index in [1.165, 1.54) is 0 Å². The molecule has 1 rings (SSSR count). The van der Waals surface area contributed by atoms with E-state index < -0.39 is 30.5 Å². The molecule has 1 fully saturated rings. The lowest BCUT2D eigenvalue weighted by molar-refractivity contribution is -0.230. The van der Waals surface area contributed by atoms with Gasteiger partial charge in [0.05, 0.1) is 12.7 Å². The van der Waals surface area contributed by atoms with Crippen LogP contribution in [0, 0.1) is 5.41 Å². The van der Waals surface area contributed by atoms with Crippen LogP contribution in [-0.2, 0) is 4.74 Å². The van der Waals surface area contributed by atoms with E-state index in [4.69, 9.17) is 9.84 Å². The van der Waals surface area contributed by atoms with Crippen molar-refractivity contribution in [1.29, 1.82) is 0 Å². The lowest BCUT2D eigenvalue weighted by atomic mass is 9.87. The predicted molar refractivity (Wildman–Crippen MR) is 67.1 cm³/mol. The van der Waals surface area contributed by atoms with Gasteiger partial charge in [0.1, 0.15) is 24.4 Å². The Bertz CT molecular complexity index is 248. The van der Waals surface area contributed by atoms with Gasteiger partial charge in [0.25, 0.3) is 0 Å². The molecule has 0 radical (unpaired) electrons. The Morgan fingerprint density at radius 2 is 1.50 bits per heavy atom. The first-order chi connectivity index (χ1) is 8.26. The SMILES string of the molecule is CC(C)(C)CCCC1OC(CO)C(O)C(O)C1O. The van der Waals surface area contributed by atoms with Crippen LogP contribution in [0.2, 0.25) is 0 Å². The van der Waals surface area contributed by atoms with E-state index in [9.17, 15) is 15.3 Å². The predicted octanol–water partition coefficient (Wildman–Crippen LogP) is 0.0452. The third kappa shape index (κ3) is 4.17. The standard InChI is InChI=1S/C13H26O5/c1-13(2,3)6-4-5-8-10(15)12(17)11(16)9(7-14)18-8/h8-12,14-17H,4-7H2,1-3H3. The van der Waals surface area contributed by atoms with E-state index in [0.717, 1.165) is 12.8 Å². The molecular formula is C13H26O5. The quantitative estimate of drug-likeness (QED) is 0.574. The van der Waals surface area contributed by atoms with Gasteiger partial charge in [0.15, 0.2) is 0 Å². The monoisotopic (exact) mass is 262 g/mol. The van der Waals surface area contributed by atoms with Gasteiger partial charge in [-0.25, -0.2) is 0 Å². The Kier molecular flexibility index (Phi) is 5.55. The Morgan fingerprint density at radius 3 is 2.00 bits per heavy atom. The highest BCUT2D eigenvalue weighted by Crippen LogP contribution is 2.27. The summed E-state index contributed by atoms with van der Waals surface area (Å²) in [4.78, 5) is 0. The summed E-state index contributed by atoms with van der Waals surface area (Å²) in [5.74, 6) is 0. The minimum atomic E-state index is -1.25. The van der Waals surface area contributed by atoms with Gasteiger partial charge in [0.2, 0.25) is 0 Å². The molecule has 0 aromatic heterocycles. The third-order valence-electron chi connectivity index (χ3n) is 3.41. The Morgan fingerprint density at radius 1 is 0.944 bits per heavy atom. The molecule has 5 heteroatoms. The first-order valence-corrected chi connectivity index (χ1v) is 6.57. The van der Waals surface area contributed by atoms with Crippen molar-refractivity contribution in [3.8, 4) is 0 Å². The Hall–Kier alpha value is -0.200. The smallest absolute Gasteiger partial charge is 0.111 e. The summed E-state index contributed by atoms with van der Waals surface area (Å²) < 4.78 is 5.44. The molecule has 18 heavy (non-hydrogen) atoms. The number of aliphatic hydroxyl groups is 4. The first-order valence-electron chi connectivity index (χ1n) is 6.57. The van der Waals surface area contributed by atoms with Crippen molar-refractivity contribution in [1.82, 2.24) is 0 Å². The summed E-state index contributed by atoms with van der Waals surface area (Å²) in [6, 6.07) is 0. The molecule has 1 saturated heterocycles. The second-order valence-electron chi connectivity index (χ2n) is 6.32. The van der Waals surface area contributed by atoms with Crippen molar-refractivity contribution < 1.29 is 25.2 Å². The van der Waals surface area contributed by atoms with E-state index in [0.29, 0.717) is 6.42 Å². The summed E-state index contributed by atoms with van der Waals surface area (Å²) in [7, 11) is 0. The molecule has 1 aliphatic rings. The van der Waals surface area contributed by atoms with Gasteiger partial charge < -0.3 is 25.2 Å². The summed E-state index contributed by atoms with van der Waals surface area (Å²) >= 11 is 0. The summed E-state index contributed by atoms with van der Waals surface area (Å²) in [5, 5.41) is 38.2. The van der Waals surface area contributed by atoms with Gasteiger partial charge in [0, 0.05) is 0 Å². The normalized spacial score (nSPS) is 37.8. The molecule has 0 bridgehead atoms. The highest BCUT2D eigenvalue weighted by molar-refractivity contribution is 4.91. The first kappa shape index (κ1) is 15.9. The van der Waals surface area contributed by atoms with Gasteiger partial charge in [-0.15, -0.1) is 0 Å². The van der Waals surface area contributed by atoms with Crippen LogP contribution in [0.15, 0.2) is 0 Å². The van der Waals surface area contributed by atoms with E-state index in [1.54, 1.807) is 0 Å². The summed E-state index contributed by atoms with van der Waals surface area (Å²) in [6.07, 6.45) is -2.46. The van der Waals surface area contributed by atoms with Crippen molar-refractivity contribution in [2.24, 2.45) is 5.41 Å². The minimum Gasteiger partial charge on any atom is -0.394 e. The third-order valence-corrected chi connectivity index (χ3v) is 3.41. The number of rotatable bonds is 4. The van der Waals surface area contributed by atoms with Crippen molar-refractivity contribution >= 4 is 0 Å². The lowest BCUT2D eigenvalue weighted by Crippen LogP contribution is -2.58. The van der Waals surface area contributed by atoms with Crippen LogP contribution in [-0.4, -0.2) is 57.6 Å². The van der Waals surface area contributed by atoms with Crippen molar-refractivity contribution in [3.05, 3.63) is 0 Å². The molecule has 108 valence electrons. The Labute approximate surface area is 108 Å².